The van der Waals surface area contributed by atoms with Gasteiger partial charge in [-0.15, -0.1) is 0 Å². The first-order valence-electron chi connectivity index (χ1n) is 7.25. The lowest BCUT2D eigenvalue weighted by molar-refractivity contribution is 0.0565. The zero-order chi connectivity index (χ0) is 14.9. The minimum atomic E-state index is -0.115. The summed E-state index contributed by atoms with van der Waals surface area (Å²) in [6.45, 7) is 2.32. The zero-order valence-corrected chi connectivity index (χ0v) is 14.0. The van der Waals surface area contributed by atoms with Gasteiger partial charge in [0.05, 0.1) is 10.0 Å². The number of hydrogen-bond acceptors (Lipinski definition) is 2. The lowest BCUT2D eigenvalue weighted by atomic mass is 9.70. The van der Waals surface area contributed by atoms with E-state index in [1.165, 1.54) is 12.8 Å². The van der Waals surface area contributed by atoms with Crippen molar-refractivity contribution in [1.82, 2.24) is 4.90 Å². The number of nitrogens with zero attached hydrogens (tertiary/aromatic N) is 1. The molecule has 0 amide bonds. The third-order valence-corrected chi connectivity index (χ3v) is 5.76. The Labute approximate surface area is 132 Å². The first-order chi connectivity index (χ1) is 9.38. The highest BCUT2D eigenvalue weighted by Gasteiger charge is 2.42. The standard InChI is InChI=1S/C16H24Cl2N2/c1-11-7-9-16(10-8-11,20(2)3)15(19)12-5-4-6-13(17)14(12)18/h4-6,11,15H,7-10,19H2,1-3H3. The summed E-state index contributed by atoms with van der Waals surface area (Å²) in [6, 6.07) is 5.63. The van der Waals surface area contributed by atoms with Crippen LogP contribution in [0.5, 0.6) is 0 Å². The van der Waals surface area contributed by atoms with Crippen LogP contribution in [-0.4, -0.2) is 24.5 Å². The predicted molar refractivity (Wildman–Crippen MR) is 87.4 cm³/mol. The molecule has 0 radical (unpaired) electrons. The van der Waals surface area contributed by atoms with Crippen molar-refractivity contribution < 1.29 is 0 Å². The largest absolute Gasteiger partial charge is 0.322 e. The van der Waals surface area contributed by atoms with Gasteiger partial charge in [0.2, 0.25) is 0 Å². The van der Waals surface area contributed by atoms with Gasteiger partial charge in [-0.2, -0.15) is 0 Å². The monoisotopic (exact) mass is 314 g/mol. The summed E-state index contributed by atoms with van der Waals surface area (Å²) in [6.07, 6.45) is 4.63. The Bertz CT molecular complexity index is 466. The van der Waals surface area contributed by atoms with Crippen molar-refractivity contribution >= 4 is 23.2 Å². The molecule has 0 saturated heterocycles. The molecule has 0 aliphatic heterocycles. The molecule has 1 fully saturated rings. The lowest BCUT2D eigenvalue weighted by Gasteiger charge is -2.48. The molecule has 1 aromatic rings. The molecule has 0 heterocycles. The van der Waals surface area contributed by atoms with Crippen LogP contribution in [0.4, 0.5) is 0 Å². The van der Waals surface area contributed by atoms with Crippen molar-refractivity contribution in [1.29, 1.82) is 0 Å². The summed E-state index contributed by atoms with van der Waals surface area (Å²) in [5.41, 5.74) is 7.57. The fourth-order valence-corrected chi connectivity index (χ4v) is 3.77. The maximum absolute atomic E-state index is 6.64. The van der Waals surface area contributed by atoms with Gasteiger partial charge < -0.3 is 10.6 Å². The molecule has 2 nitrogen and oxygen atoms in total. The van der Waals surface area contributed by atoms with Crippen molar-refractivity contribution in [3.05, 3.63) is 33.8 Å². The van der Waals surface area contributed by atoms with Crippen LogP contribution in [0.3, 0.4) is 0 Å². The van der Waals surface area contributed by atoms with Crippen LogP contribution in [-0.2, 0) is 0 Å². The smallest absolute Gasteiger partial charge is 0.0640 e. The number of hydrogen-bond donors (Lipinski definition) is 1. The Morgan fingerprint density at radius 3 is 2.40 bits per heavy atom. The molecule has 1 saturated carbocycles. The topological polar surface area (TPSA) is 29.3 Å². The van der Waals surface area contributed by atoms with E-state index in [0.717, 1.165) is 24.3 Å². The third kappa shape index (κ3) is 2.85. The van der Waals surface area contributed by atoms with Crippen LogP contribution in [0.15, 0.2) is 18.2 Å². The van der Waals surface area contributed by atoms with Gasteiger partial charge in [0.15, 0.2) is 0 Å². The summed E-state index contributed by atoms with van der Waals surface area (Å²) in [4.78, 5) is 2.28. The highest BCUT2D eigenvalue weighted by molar-refractivity contribution is 6.42. The van der Waals surface area contributed by atoms with Crippen LogP contribution in [0.25, 0.3) is 0 Å². The fourth-order valence-electron chi connectivity index (χ4n) is 3.35. The van der Waals surface area contributed by atoms with E-state index in [1.807, 2.05) is 18.2 Å². The number of halogens is 2. The van der Waals surface area contributed by atoms with Crippen LogP contribution in [0.1, 0.15) is 44.2 Å². The van der Waals surface area contributed by atoms with Crippen molar-refractivity contribution in [2.75, 3.05) is 14.1 Å². The molecule has 4 heteroatoms. The van der Waals surface area contributed by atoms with Gasteiger partial charge in [0, 0.05) is 11.6 Å². The highest BCUT2D eigenvalue weighted by Crippen LogP contribution is 2.44. The highest BCUT2D eigenvalue weighted by atomic mass is 35.5. The van der Waals surface area contributed by atoms with Gasteiger partial charge >= 0.3 is 0 Å². The molecular weight excluding hydrogens is 291 g/mol. The Kier molecular flexibility index (Phi) is 5.01. The molecule has 1 atom stereocenters. The first kappa shape index (κ1) is 16.1. The van der Waals surface area contributed by atoms with Crippen LogP contribution in [0, 0.1) is 5.92 Å². The van der Waals surface area contributed by atoms with Crippen LogP contribution >= 0.6 is 23.2 Å². The molecule has 0 bridgehead atoms. The van der Waals surface area contributed by atoms with E-state index in [0.29, 0.717) is 10.0 Å². The van der Waals surface area contributed by atoms with Crippen molar-refractivity contribution in [3.8, 4) is 0 Å². The number of nitrogens with two attached hydrogens (primary N) is 1. The molecule has 20 heavy (non-hydrogen) atoms. The molecule has 1 aliphatic rings. The summed E-state index contributed by atoms with van der Waals surface area (Å²) < 4.78 is 0. The maximum Gasteiger partial charge on any atom is 0.0640 e. The number of rotatable bonds is 3. The average molecular weight is 315 g/mol. The Morgan fingerprint density at radius 2 is 1.85 bits per heavy atom. The van der Waals surface area contributed by atoms with Crippen molar-refractivity contribution in [3.63, 3.8) is 0 Å². The molecule has 0 spiro atoms. The zero-order valence-electron chi connectivity index (χ0n) is 12.5. The second-order valence-electron chi connectivity index (χ2n) is 6.30. The van der Waals surface area contributed by atoms with Crippen molar-refractivity contribution in [2.24, 2.45) is 11.7 Å². The lowest BCUT2D eigenvalue weighted by Crippen LogP contribution is -2.54. The Balaban J connectivity index is 2.37. The minimum Gasteiger partial charge on any atom is -0.322 e. The van der Waals surface area contributed by atoms with Gasteiger partial charge in [0.1, 0.15) is 0 Å². The minimum absolute atomic E-state index is 0.0270. The van der Waals surface area contributed by atoms with E-state index in [4.69, 9.17) is 28.9 Å². The molecular formula is C16H24Cl2N2. The molecule has 2 rings (SSSR count). The Morgan fingerprint density at radius 1 is 1.25 bits per heavy atom. The van der Waals surface area contributed by atoms with Gasteiger partial charge in [-0.1, -0.05) is 42.3 Å². The second kappa shape index (κ2) is 6.23. The van der Waals surface area contributed by atoms with Gasteiger partial charge in [-0.05, 0) is 57.3 Å². The second-order valence-corrected chi connectivity index (χ2v) is 7.09. The Hall–Kier alpha value is -0.280. The molecule has 0 aromatic heterocycles. The molecule has 112 valence electrons. The van der Waals surface area contributed by atoms with E-state index in [2.05, 4.69) is 25.9 Å². The molecule has 1 unspecified atom stereocenters. The summed E-state index contributed by atoms with van der Waals surface area (Å²) in [7, 11) is 4.24. The normalized spacial score (nSPS) is 28.6. The van der Waals surface area contributed by atoms with E-state index in [1.54, 1.807) is 0 Å². The van der Waals surface area contributed by atoms with Gasteiger partial charge in [-0.3, -0.25) is 0 Å². The van der Waals surface area contributed by atoms with E-state index in [-0.39, 0.29) is 11.6 Å². The van der Waals surface area contributed by atoms with E-state index < -0.39 is 0 Å². The number of likely N-dealkylation sites (N-methyl/N-ethyl adjacent to an activating group) is 1. The maximum atomic E-state index is 6.64. The number of benzene rings is 1. The molecule has 2 N–H and O–H groups in total. The quantitative estimate of drug-likeness (QED) is 0.889. The first-order valence-corrected chi connectivity index (χ1v) is 8.01. The summed E-state index contributed by atoms with van der Waals surface area (Å²) >= 11 is 12.5. The summed E-state index contributed by atoms with van der Waals surface area (Å²) in [5.74, 6) is 0.783. The van der Waals surface area contributed by atoms with E-state index in [9.17, 15) is 0 Å². The SMILES string of the molecule is CC1CCC(C(N)c2cccc(Cl)c2Cl)(N(C)C)CC1. The fraction of sp³-hybridized carbons (Fsp3) is 0.625. The van der Waals surface area contributed by atoms with Crippen LogP contribution in [0.2, 0.25) is 10.0 Å². The van der Waals surface area contributed by atoms with E-state index >= 15 is 0 Å². The van der Waals surface area contributed by atoms with Crippen LogP contribution < -0.4 is 5.73 Å². The average Bonchev–Trinajstić information content (AvgIpc) is 2.42. The molecule has 1 aliphatic carbocycles. The molecule has 1 aromatic carbocycles. The van der Waals surface area contributed by atoms with Gasteiger partial charge in [-0.25, -0.2) is 0 Å². The van der Waals surface area contributed by atoms with Crippen molar-refractivity contribution in [2.45, 2.75) is 44.2 Å². The third-order valence-electron chi connectivity index (χ3n) is 4.93. The van der Waals surface area contributed by atoms with Gasteiger partial charge in [0.25, 0.3) is 0 Å². The predicted octanol–water partition coefficient (Wildman–Crippen LogP) is 4.50. The summed E-state index contributed by atoms with van der Waals surface area (Å²) in [5, 5.41) is 1.18.